The molecule has 2 nitrogen and oxygen atoms in total. The number of rotatable bonds is 6. The second-order valence-electron chi connectivity index (χ2n) is 7.23. The zero-order valence-electron chi connectivity index (χ0n) is 13.2. The van der Waals surface area contributed by atoms with E-state index in [-0.39, 0.29) is 6.10 Å². The molecule has 0 radical (unpaired) electrons. The first kappa shape index (κ1) is 15.1. The Kier molecular flexibility index (Phi) is 4.97. The summed E-state index contributed by atoms with van der Waals surface area (Å²) in [7, 11) is 0. The molecule has 0 amide bonds. The quantitative estimate of drug-likeness (QED) is 0.840. The molecule has 0 saturated heterocycles. The zero-order valence-corrected chi connectivity index (χ0v) is 13.2. The van der Waals surface area contributed by atoms with Crippen molar-refractivity contribution < 1.29 is 5.11 Å². The van der Waals surface area contributed by atoms with Crippen LogP contribution in [-0.4, -0.2) is 23.8 Å². The van der Waals surface area contributed by atoms with Crippen molar-refractivity contribution in [2.75, 3.05) is 6.54 Å². The van der Waals surface area contributed by atoms with E-state index in [1.807, 2.05) is 0 Å². The van der Waals surface area contributed by atoms with E-state index in [2.05, 4.69) is 36.5 Å². The van der Waals surface area contributed by atoms with Gasteiger partial charge in [0.05, 0.1) is 6.10 Å². The third kappa shape index (κ3) is 4.55. The summed E-state index contributed by atoms with van der Waals surface area (Å²) < 4.78 is 0. The molecule has 3 unspecified atom stereocenters. The highest BCUT2D eigenvalue weighted by Crippen LogP contribution is 2.34. The van der Waals surface area contributed by atoms with Gasteiger partial charge in [0.15, 0.2) is 0 Å². The van der Waals surface area contributed by atoms with Gasteiger partial charge < -0.3 is 10.4 Å². The van der Waals surface area contributed by atoms with Gasteiger partial charge in [0, 0.05) is 6.04 Å². The lowest BCUT2D eigenvalue weighted by Gasteiger charge is -2.28. The molecule has 3 rings (SSSR count). The molecule has 2 saturated carbocycles. The molecule has 116 valence electrons. The third-order valence-corrected chi connectivity index (χ3v) is 5.19. The van der Waals surface area contributed by atoms with Crippen LogP contribution in [0.2, 0.25) is 0 Å². The first-order chi connectivity index (χ1) is 10.2. The summed E-state index contributed by atoms with van der Waals surface area (Å²) in [5.74, 6) is 1.55. The largest absolute Gasteiger partial charge is 0.393 e. The standard InChI is InChI=1S/C19H29NO/c1-14-5-7-15(8-6-14)12-19(17-9-10-17)20-13-16-3-2-4-18(21)11-16/h5-8,16-21H,2-4,9-13H2,1H3. The van der Waals surface area contributed by atoms with E-state index in [1.165, 1.54) is 36.8 Å². The maximum absolute atomic E-state index is 9.80. The van der Waals surface area contributed by atoms with Gasteiger partial charge in [-0.3, -0.25) is 0 Å². The fourth-order valence-electron chi connectivity index (χ4n) is 3.65. The van der Waals surface area contributed by atoms with Crippen LogP contribution in [0.25, 0.3) is 0 Å². The number of nitrogens with one attached hydrogen (secondary N) is 1. The summed E-state index contributed by atoms with van der Waals surface area (Å²) >= 11 is 0. The van der Waals surface area contributed by atoms with Gasteiger partial charge in [-0.2, -0.15) is 0 Å². The van der Waals surface area contributed by atoms with Crippen molar-refractivity contribution in [3.8, 4) is 0 Å². The van der Waals surface area contributed by atoms with Crippen LogP contribution < -0.4 is 5.32 Å². The second-order valence-corrected chi connectivity index (χ2v) is 7.23. The molecule has 0 aliphatic heterocycles. The van der Waals surface area contributed by atoms with Crippen LogP contribution >= 0.6 is 0 Å². The van der Waals surface area contributed by atoms with Crippen molar-refractivity contribution in [3.63, 3.8) is 0 Å². The number of benzene rings is 1. The number of hydrogen-bond donors (Lipinski definition) is 2. The third-order valence-electron chi connectivity index (χ3n) is 5.19. The first-order valence-electron chi connectivity index (χ1n) is 8.67. The molecule has 2 aliphatic carbocycles. The lowest BCUT2D eigenvalue weighted by atomic mass is 9.87. The molecule has 2 aliphatic rings. The molecule has 1 aromatic rings. The first-order valence-corrected chi connectivity index (χ1v) is 8.67. The van der Waals surface area contributed by atoms with E-state index >= 15 is 0 Å². The summed E-state index contributed by atoms with van der Waals surface area (Å²) in [6.07, 6.45) is 8.35. The average molecular weight is 287 g/mol. The highest BCUT2D eigenvalue weighted by Gasteiger charge is 2.31. The molecule has 2 heteroatoms. The van der Waals surface area contributed by atoms with Gasteiger partial charge in [-0.05, 0) is 69.4 Å². The van der Waals surface area contributed by atoms with Crippen molar-refractivity contribution in [1.29, 1.82) is 0 Å². The Balaban J connectivity index is 1.51. The normalized spacial score (nSPS) is 27.5. The Labute approximate surface area is 129 Å². The molecule has 0 aromatic heterocycles. The maximum Gasteiger partial charge on any atom is 0.0543 e. The van der Waals surface area contributed by atoms with Gasteiger partial charge in [0.25, 0.3) is 0 Å². The monoisotopic (exact) mass is 287 g/mol. The minimum Gasteiger partial charge on any atom is -0.393 e. The van der Waals surface area contributed by atoms with Crippen LogP contribution in [-0.2, 0) is 6.42 Å². The van der Waals surface area contributed by atoms with Crippen molar-refractivity contribution in [2.45, 2.75) is 64.0 Å². The number of aryl methyl sites for hydroxylation is 1. The molecule has 2 fully saturated rings. The van der Waals surface area contributed by atoms with Gasteiger partial charge in [-0.15, -0.1) is 0 Å². The molecule has 0 spiro atoms. The zero-order chi connectivity index (χ0) is 14.7. The fraction of sp³-hybridized carbons (Fsp3) is 0.684. The summed E-state index contributed by atoms with van der Waals surface area (Å²) in [4.78, 5) is 0. The molecule has 3 atom stereocenters. The highest BCUT2D eigenvalue weighted by molar-refractivity contribution is 5.22. The molecular formula is C19H29NO. The second kappa shape index (κ2) is 6.93. The predicted octanol–water partition coefficient (Wildman–Crippen LogP) is 3.46. The van der Waals surface area contributed by atoms with E-state index in [4.69, 9.17) is 0 Å². The van der Waals surface area contributed by atoms with Gasteiger partial charge >= 0.3 is 0 Å². The molecule has 0 heterocycles. The maximum atomic E-state index is 9.80. The van der Waals surface area contributed by atoms with Crippen molar-refractivity contribution in [3.05, 3.63) is 35.4 Å². The summed E-state index contributed by atoms with van der Waals surface area (Å²) in [5, 5.41) is 13.6. The van der Waals surface area contributed by atoms with Gasteiger partial charge in [-0.25, -0.2) is 0 Å². The molecule has 21 heavy (non-hydrogen) atoms. The van der Waals surface area contributed by atoms with Crippen LogP contribution in [0.3, 0.4) is 0 Å². The van der Waals surface area contributed by atoms with Gasteiger partial charge in [0.2, 0.25) is 0 Å². The Hall–Kier alpha value is -0.860. The van der Waals surface area contributed by atoms with E-state index in [0.29, 0.717) is 12.0 Å². The predicted molar refractivity (Wildman–Crippen MR) is 87.4 cm³/mol. The Morgan fingerprint density at radius 3 is 2.57 bits per heavy atom. The smallest absolute Gasteiger partial charge is 0.0543 e. The Morgan fingerprint density at radius 2 is 1.90 bits per heavy atom. The van der Waals surface area contributed by atoms with Crippen LogP contribution in [0, 0.1) is 18.8 Å². The molecule has 0 bridgehead atoms. The Morgan fingerprint density at radius 1 is 1.14 bits per heavy atom. The fourth-order valence-corrected chi connectivity index (χ4v) is 3.65. The minimum absolute atomic E-state index is 0.0537. The van der Waals surface area contributed by atoms with Gasteiger partial charge in [-0.1, -0.05) is 36.2 Å². The lowest BCUT2D eigenvalue weighted by molar-refractivity contribution is 0.0993. The van der Waals surface area contributed by atoms with Crippen LogP contribution in [0.4, 0.5) is 0 Å². The number of hydrogen-bond acceptors (Lipinski definition) is 2. The Bertz CT molecular complexity index is 437. The van der Waals surface area contributed by atoms with Crippen LogP contribution in [0.15, 0.2) is 24.3 Å². The minimum atomic E-state index is -0.0537. The summed E-state index contributed by atoms with van der Waals surface area (Å²) in [6, 6.07) is 9.62. The van der Waals surface area contributed by atoms with Crippen LogP contribution in [0.1, 0.15) is 49.7 Å². The number of aliphatic hydroxyl groups excluding tert-OH is 1. The summed E-state index contributed by atoms with van der Waals surface area (Å²) in [6.45, 7) is 3.23. The van der Waals surface area contributed by atoms with E-state index < -0.39 is 0 Å². The van der Waals surface area contributed by atoms with Crippen molar-refractivity contribution in [2.24, 2.45) is 11.8 Å². The summed E-state index contributed by atoms with van der Waals surface area (Å²) in [5.41, 5.74) is 2.79. The van der Waals surface area contributed by atoms with Crippen molar-refractivity contribution in [1.82, 2.24) is 5.32 Å². The van der Waals surface area contributed by atoms with E-state index in [9.17, 15) is 5.11 Å². The van der Waals surface area contributed by atoms with Gasteiger partial charge in [0.1, 0.15) is 0 Å². The molecule has 2 N–H and O–H groups in total. The van der Waals surface area contributed by atoms with Crippen molar-refractivity contribution >= 4 is 0 Å². The van der Waals surface area contributed by atoms with Crippen LogP contribution in [0.5, 0.6) is 0 Å². The van der Waals surface area contributed by atoms with E-state index in [0.717, 1.165) is 31.7 Å². The highest BCUT2D eigenvalue weighted by atomic mass is 16.3. The van der Waals surface area contributed by atoms with E-state index in [1.54, 1.807) is 0 Å². The number of aliphatic hydroxyl groups is 1. The average Bonchev–Trinajstić information content (AvgIpc) is 3.30. The molecule has 1 aromatic carbocycles. The lowest BCUT2D eigenvalue weighted by Crippen LogP contribution is -2.38. The topological polar surface area (TPSA) is 32.3 Å². The molecular weight excluding hydrogens is 258 g/mol. The SMILES string of the molecule is Cc1ccc(CC(NCC2CCCC(O)C2)C2CC2)cc1.